The summed E-state index contributed by atoms with van der Waals surface area (Å²) in [6, 6.07) is 2.69. The highest BCUT2D eigenvalue weighted by Crippen LogP contribution is 2.37. The van der Waals surface area contributed by atoms with Crippen molar-refractivity contribution in [3.8, 4) is 0 Å². The van der Waals surface area contributed by atoms with Crippen molar-refractivity contribution in [2.75, 3.05) is 5.32 Å². The lowest BCUT2D eigenvalue weighted by atomic mass is 10.1. The van der Waals surface area contributed by atoms with Crippen LogP contribution in [0, 0.1) is 13.8 Å². The molecule has 3 aromatic heterocycles. The Morgan fingerprint density at radius 1 is 1.19 bits per heavy atom. The molecular weight excluding hydrogens is 280 g/mol. The van der Waals surface area contributed by atoms with Gasteiger partial charge in [-0.3, -0.25) is 0 Å². The van der Waals surface area contributed by atoms with E-state index < -0.39 is 0 Å². The maximum atomic E-state index is 4.67. The molecule has 4 nitrogen and oxygen atoms in total. The minimum absolute atomic E-state index is 0.559. The first kappa shape index (κ1) is 13.0. The molecule has 108 valence electrons. The fraction of sp³-hybridized carbons (Fsp3) is 0.438. The molecule has 0 unspecified atom stereocenters. The van der Waals surface area contributed by atoms with Gasteiger partial charge in [-0.1, -0.05) is 12.8 Å². The Kier molecular flexibility index (Phi) is 3.03. The number of thiophene rings is 1. The number of nitrogens with one attached hydrogen (secondary N) is 1. The Morgan fingerprint density at radius 2 is 2.00 bits per heavy atom. The average molecular weight is 298 g/mol. The number of aryl methyl sites for hydroxylation is 2. The van der Waals surface area contributed by atoms with Crippen LogP contribution in [-0.4, -0.2) is 21.0 Å². The Morgan fingerprint density at radius 3 is 2.81 bits per heavy atom. The van der Waals surface area contributed by atoms with E-state index in [1.54, 1.807) is 17.7 Å². The molecule has 1 aliphatic rings. The summed E-state index contributed by atoms with van der Waals surface area (Å²) >= 11 is 1.70. The summed E-state index contributed by atoms with van der Waals surface area (Å²) in [5.74, 6) is 0.979. The summed E-state index contributed by atoms with van der Waals surface area (Å²) in [5.41, 5.74) is 3.34. The van der Waals surface area contributed by atoms with Crippen molar-refractivity contribution < 1.29 is 0 Å². The molecule has 0 atom stereocenters. The van der Waals surface area contributed by atoms with Gasteiger partial charge in [-0.15, -0.1) is 11.3 Å². The number of anilines is 1. The van der Waals surface area contributed by atoms with E-state index in [2.05, 4.69) is 33.3 Å². The van der Waals surface area contributed by atoms with Crippen LogP contribution in [0.4, 0.5) is 5.82 Å². The molecule has 5 heteroatoms. The first-order valence-corrected chi connectivity index (χ1v) is 8.32. The lowest BCUT2D eigenvalue weighted by molar-refractivity contribution is 0.752. The highest BCUT2D eigenvalue weighted by atomic mass is 32.1. The van der Waals surface area contributed by atoms with Gasteiger partial charge in [0, 0.05) is 17.1 Å². The van der Waals surface area contributed by atoms with Gasteiger partial charge in [0.1, 0.15) is 17.0 Å². The molecule has 0 spiro atoms. The second kappa shape index (κ2) is 4.91. The van der Waals surface area contributed by atoms with E-state index in [-0.39, 0.29) is 0 Å². The minimum Gasteiger partial charge on any atom is -0.366 e. The van der Waals surface area contributed by atoms with Crippen LogP contribution in [0.1, 0.15) is 36.9 Å². The molecule has 1 saturated carbocycles. The van der Waals surface area contributed by atoms with E-state index >= 15 is 0 Å². The van der Waals surface area contributed by atoms with Gasteiger partial charge in [0.15, 0.2) is 0 Å². The molecule has 3 aromatic rings. The molecule has 0 aromatic carbocycles. The van der Waals surface area contributed by atoms with Crippen LogP contribution < -0.4 is 5.32 Å². The van der Waals surface area contributed by atoms with Crippen molar-refractivity contribution >= 4 is 37.6 Å². The monoisotopic (exact) mass is 298 g/mol. The predicted molar refractivity (Wildman–Crippen MR) is 88.1 cm³/mol. The first-order chi connectivity index (χ1) is 10.2. The maximum Gasteiger partial charge on any atom is 0.147 e. The standard InChI is InChI=1S/C16H18N4S/c1-9-7-10(2)19-16-12(9)13-14(21-16)15(18-8-17-13)20-11-5-3-4-6-11/h7-8,11H,3-6H2,1-2H3,(H,17,18,20). The van der Waals surface area contributed by atoms with Crippen LogP contribution in [0.15, 0.2) is 12.4 Å². The van der Waals surface area contributed by atoms with Gasteiger partial charge in [0.05, 0.1) is 10.2 Å². The SMILES string of the molecule is Cc1cc(C)c2c(n1)sc1c(NC3CCCC3)ncnc12. The molecule has 4 rings (SSSR count). The van der Waals surface area contributed by atoms with Crippen LogP contribution >= 0.6 is 11.3 Å². The number of fused-ring (bicyclic) bond motifs is 3. The largest absolute Gasteiger partial charge is 0.366 e. The second-order valence-electron chi connectivity index (χ2n) is 5.89. The van der Waals surface area contributed by atoms with Crippen molar-refractivity contribution in [3.63, 3.8) is 0 Å². The Bertz CT molecular complexity index is 818. The molecule has 21 heavy (non-hydrogen) atoms. The number of aromatic nitrogens is 3. The molecule has 1 fully saturated rings. The van der Waals surface area contributed by atoms with Gasteiger partial charge >= 0.3 is 0 Å². The molecule has 0 saturated heterocycles. The number of nitrogens with zero attached hydrogens (tertiary/aromatic N) is 3. The summed E-state index contributed by atoms with van der Waals surface area (Å²) in [5, 5.41) is 4.79. The third kappa shape index (κ3) is 2.16. The lowest BCUT2D eigenvalue weighted by Gasteiger charge is -2.12. The van der Waals surface area contributed by atoms with Gasteiger partial charge in [-0.25, -0.2) is 15.0 Å². The highest BCUT2D eigenvalue weighted by Gasteiger charge is 2.19. The first-order valence-electron chi connectivity index (χ1n) is 7.50. The summed E-state index contributed by atoms with van der Waals surface area (Å²) < 4.78 is 1.14. The van der Waals surface area contributed by atoms with Gasteiger partial charge in [0.2, 0.25) is 0 Å². The Balaban J connectivity index is 1.90. The van der Waals surface area contributed by atoms with Crippen LogP contribution in [0.5, 0.6) is 0 Å². The van der Waals surface area contributed by atoms with Crippen molar-refractivity contribution in [1.29, 1.82) is 0 Å². The van der Waals surface area contributed by atoms with Gasteiger partial charge < -0.3 is 5.32 Å². The van der Waals surface area contributed by atoms with E-state index in [1.807, 2.05) is 6.92 Å². The quantitative estimate of drug-likeness (QED) is 0.770. The molecule has 0 radical (unpaired) electrons. The van der Waals surface area contributed by atoms with Gasteiger partial charge in [-0.05, 0) is 38.3 Å². The molecule has 1 N–H and O–H groups in total. The number of pyridine rings is 1. The van der Waals surface area contributed by atoms with Gasteiger partial charge in [0.25, 0.3) is 0 Å². The van der Waals surface area contributed by atoms with Crippen molar-refractivity contribution in [2.24, 2.45) is 0 Å². The lowest BCUT2D eigenvalue weighted by Crippen LogP contribution is -2.15. The maximum absolute atomic E-state index is 4.67. The van der Waals surface area contributed by atoms with E-state index in [0.717, 1.165) is 26.6 Å². The van der Waals surface area contributed by atoms with Crippen molar-refractivity contribution in [1.82, 2.24) is 15.0 Å². The molecule has 0 amide bonds. The topological polar surface area (TPSA) is 50.7 Å². The number of rotatable bonds is 2. The van der Waals surface area contributed by atoms with Crippen molar-refractivity contribution in [3.05, 3.63) is 23.7 Å². The zero-order valence-corrected chi connectivity index (χ0v) is 13.1. The van der Waals surface area contributed by atoms with Crippen LogP contribution in [0.25, 0.3) is 20.4 Å². The number of hydrogen-bond donors (Lipinski definition) is 1. The zero-order chi connectivity index (χ0) is 14.4. The van der Waals surface area contributed by atoms with E-state index in [4.69, 9.17) is 0 Å². The fourth-order valence-electron chi connectivity index (χ4n) is 3.28. The Hall–Kier alpha value is -1.75. The molecule has 0 aliphatic heterocycles. The molecule has 1 aliphatic carbocycles. The fourth-order valence-corrected chi connectivity index (χ4v) is 4.48. The summed E-state index contributed by atoms with van der Waals surface area (Å²) in [4.78, 5) is 14.7. The minimum atomic E-state index is 0.559. The second-order valence-corrected chi connectivity index (χ2v) is 6.89. The summed E-state index contributed by atoms with van der Waals surface area (Å²) in [6.45, 7) is 4.18. The molecular formula is C16H18N4S. The third-order valence-corrected chi connectivity index (χ3v) is 5.33. The highest BCUT2D eigenvalue weighted by molar-refractivity contribution is 7.26. The van der Waals surface area contributed by atoms with E-state index in [9.17, 15) is 0 Å². The van der Waals surface area contributed by atoms with E-state index in [0.29, 0.717) is 6.04 Å². The van der Waals surface area contributed by atoms with Crippen LogP contribution in [-0.2, 0) is 0 Å². The third-order valence-electron chi connectivity index (χ3n) is 4.25. The Labute approximate surface area is 127 Å². The van der Waals surface area contributed by atoms with Crippen LogP contribution in [0.3, 0.4) is 0 Å². The number of hydrogen-bond acceptors (Lipinski definition) is 5. The van der Waals surface area contributed by atoms with Gasteiger partial charge in [-0.2, -0.15) is 0 Å². The summed E-state index contributed by atoms with van der Waals surface area (Å²) in [6.07, 6.45) is 6.79. The normalized spacial score (nSPS) is 16.1. The predicted octanol–water partition coefficient (Wildman–Crippen LogP) is 4.21. The molecule has 0 bridgehead atoms. The van der Waals surface area contributed by atoms with E-state index in [1.165, 1.54) is 36.6 Å². The average Bonchev–Trinajstić information content (AvgIpc) is 3.05. The smallest absolute Gasteiger partial charge is 0.147 e. The molecule has 3 heterocycles. The summed E-state index contributed by atoms with van der Waals surface area (Å²) in [7, 11) is 0. The zero-order valence-electron chi connectivity index (χ0n) is 12.3. The van der Waals surface area contributed by atoms with Crippen molar-refractivity contribution in [2.45, 2.75) is 45.6 Å². The van der Waals surface area contributed by atoms with Crippen LogP contribution in [0.2, 0.25) is 0 Å².